The van der Waals surface area contributed by atoms with Crippen LogP contribution in [0.1, 0.15) is 23.2 Å². The minimum absolute atomic E-state index is 0.0126. The lowest BCUT2D eigenvalue weighted by molar-refractivity contribution is -0.119. The molecular formula is C18H20N4O3. The molecule has 4 rings (SSSR count). The number of rotatable bonds is 5. The molecule has 2 aliphatic rings. The molecule has 0 bridgehead atoms. The van der Waals surface area contributed by atoms with Gasteiger partial charge in [0.25, 0.3) is 5.91 Å². The van der Waals surface area contributed by atoms with Gasteiger partial charge in [-0.15, -0.1) is 0 Å². The van der Waals surface area contributed by atoms with Gasteiger partial charge in [0.05, 0.1) is 43.9 Å². The van der Waals surface area contributed by atoms with E-state index < -0.39 is 0 Å². The first kappa shape index (κ1) is 16.0. The van der Waals surface area contributed by atoms with Crippen LogP contribution in [0.2, 0.25) is 0 Å². The fourth-order valence-electron chi connectivity index (χ4n) is 3.64. The third-order valence-electron chi connectivity index (χ3n) is 5.00. The highest BCUT2D eigenvalue weighted by Gasteiger charge is 2.54. The molecule has 0 aromatic carbocycles. The van der Waals surface area contributed by atoms with Crippen molar-refractivity contribution in [2.24, 2.45) is 5.92 Å². The fraction of sp³-hybridized carbons (Fsp3) is 0.444. The van der Waals surface area contributed by atoms with Gasteiger partial charge in [0, 0.05) is 12.8 Å². The van der Waals surface area contributed by atoms with E-state index in [2.05, 4.69) is 15.2 Å². The minimum Gasteiger partial charge on any atom is -0.492 e. The molecule has 4 heterocycles. The third-order valence-corrected chi connectivity index (χ3v) is 5.00. The quantitative estimate of drug-likeness (QED) is 0.822. The van der Waals surface area contributed by atoms with Gasteiger partial charge in [-0.2, -0.15) is 10.2 Å². The van der Waals surface area contributed by atoms with Crippen molar-refractivity contribution >= 4 is 5.91 Å². The lowest BCUT2D eigenvalue weighted by Gasteiger charge is -2.50. The Kier molecular flexibility index (Phi) is 4.31. The Hall–Kier alpha value is -2.54. The number of hydrogen-bond acceptors (Lipinski definition) is 6. The molecule has 2 aliphatic heterocycles. The van der Waals surface area contributed by atoms with Gasteiger partial charge < -0.3 is 14.4 Å². The van der Waals surface area contributed by atoms with Crippen LogP contribution in [-0.4, -0.2) is 57.9 Å². The van der Waals surface area contributed by atoms with E-state index >= 15 is 0 Å². The second-order valence-corrected chi connectivity index (χ2v) is 6.52. The first-order valence-electron chi connectivity index (χ1n) is 8.50. The highest BCUT2D eigenvalue weighted by molar-refractivity contribution is 5.94. The Morgan fingerprint density at radius 3 is 2.96 bits per heavy atom. The smallest absolute Gasteiger partial charge is 0.255 e. The predicted octanol–water partition coefficient (Wildman–Crippen LogP) is 1.57. The first-order chi connectivity index (χ1) is 12.3. The summed E-state index contributed by atoms with van der Waals surface area (Å²) in [5.41, 5.74) is 0.355. The van der Waals surface area contributed by atoms with Crippen LogP contribution < -0.4 is 4.74 Å². The maximum absolute atomic E-state index is 12.4. The Morgan fingerprint density at radius 2 is 2.20 bits per heavy atom. The lowest BCUT2D eigenvalue weighted by Crippen LogP contribution is -2.66. The zero-order valence-corrected chi connectivity index (χ0v) is 13.9. The SMILES string of the molecule is O=C(c1ccnnc1)N1CC2(C1)OCC[C@@H]2CCOc1cccnc1. The van der Waals surface area contributed by atoms with Gasteiger partial charge in [-0.05, 0) is 37.0 Å². The summed E-state index contributed by atoms with van der Waals surface area (Å²) in [6.07, 6.45) is 8.40. The van der Waals surface area contributed by atoms with E-state index in [0.29, 0.717) is 31.2 Å². The second kappa shape index (κ2) is 6.76. The molecule has 2 fully saturated rings. The van der Waals surface area contributed by atoms with E-state index in [-0.39, 0.29) is 11.5 Å². The standard InChI is InChI=1S/C18H20N4O3/c23-17(14-3-7-20-21-10-14)22-12-18(13-22)15(5-9-25-18)4-8-24-16-2-1-6-19-11-16/h1-3,6-7,10-11,15H,4-5,8-9,12-13H2/t15-/m0/s1. The molecule has 1 amide bonds. The zero-order valence-electron chi connectivity index (χ0n) is 13.9. The summed E-state index contributed by atoms with van der Waals surface area (Å²) >= 11 is 0. The summed E-state index contributed by atoms with van der Waals surface area (Å²) in [5, 5.41) is 7.48. The molecule has 25 heavy (non-hydrogen) atoms. The van der Waals surface area contributed by atoms with Gasteiger partial charge >= 0.3 is 0 Å². The van der Waals surface area contributed by atoms with Gasteiger partial charge in [-0.25, -0.2) is 0 Å². The molecule has 0 unspecified atom stereocenters. The van der Waals surface area contributed by atoms with E-state index in [1.54, 1.807) is 18.5 Å². The molecule has 2 saturated heterocycles. The molecule has 2 aromatic rings. The molecule has 1 atom stereocenters. The van der Waals surface area contributed by atoms with Crippen LogP contribution in [0.5, 0.6) is 5.75 Å². The summed E-state index contributed by atoms with van der Waals surface area (Å²) in [6.45, 7) is 2.64. The number of nitrogens with zero attached hydrogens (tertiary/aromatic N) is 4. The van der Waals surface area contributed by atoms with E-state index in [1.807, 2.05) is 17.0 Å². The summed E-state index contributed by atoms with van der Waals surface area (Å²) in [6, 6.07) is 5.45. The molecule has 0 aliphatic carbocycles. The number of amides is 1. The van der Waals surface area contributed by atoms with Crippen molar-refractivity contribution in [2.75, 3.05) is 26.3 Å². The molecule has 7 heteroatoms. The predicted molar refractivity (Wildman–Crippen MR) is 89.1 cm³/mol. The van der Waals surface area contributed by atoms with Crippen molar-refractivity contribution in [2.45, 2.75) is 18.4 Å². The number of pyridine rings is 1. The van der Waals surface area contributed by atoms with Crippen LogP contribution in [0.3, 0.4) is 0 Å². The minimum atomic E-state index is -0.214. The molecule has 130 valence electrons. The largest absolute Gasteiger partial charge is 0.492 e. The average Bonchev–Trinajstić information content (AvgIpc) is 3.05. The maximum atomic E-state index is 12.4. The first-order valence-corrected chi connectivity index (χ1v) is 8.50. The van der Waals surface area contributed by atoms with Gasteiger partial charge in [0.15, 0.2) is 0 Å². The molecule has 1 spiro atoms. The zero-order chi connectivity index (χ0) is 17.1. The van der Waals surface area contributed by atoms with E-state index in [0.717, 1.165) is 25.2 Å². The summed E-state index contributed by atoms with van der Waals surface area (Å²) in [7, 11) is 0. The lowest BCUT2D eigenvalue weighted by atomic mass is 9.79. The number of carbonyl (C=O) groups excluding carboxylic acids is 1. The van der Waals surface area contributed by atoms with Crippen molar-refractivity contribution in [1.29, 1.82) is 0 Å². The Morgan fingerprint density at radius 1 is 1.28 bits per heavy atom. The van der Waals surface area contributed by atoms with Crippen LogP contribution in [0, 0.1) is 5.92 Å². The van der Waals surface area contributed by atoms with Crippen molar-refractivity contribution in [3.05, 3.63) is 48.5 Å². The normalized spacial score (nSPS) is 21.1. The van der Waals surface area contributed by atoms with Gasteiger partial charge in [-0.3, -0.25) is 9.78 Å². The number of carbonyl (C=O) groups is 1. The molecule has 2 aromatic heterocycles. The van der Waals surface area contributed by atoms with Gasteiger partial charge in [0.2, 0.25) is 0 Å². The summed E-state index contributed by atoms with van der Waals surface area (Å²) < 4.78 is 11.8. The molecular weight excluding hydrogens is 320 g/mol. The van der Waals surface area contributed by atoms with Crippen LogP contribution >= 0.6 is 0 Å². The van der Waals surface area contributed by atoms with Crippen LogP contribution in [-0.2, 0) is 4.74 Å². The Bertz CT molecular complexity index is 720. The molecule has 0 N–H and O–H groups in total. The van der Waals surface area contributed by atoms with E-state index in [9.17, 15) is 4.79 Å². The highest BCUT2D eigenvalue weighted by atomic mass is 16.5. The van der Waals surface area contributed by atoms with Gasteiger partial charge in [-0.1, -0.05) is 0 Å². The van der Waals surface area contributed by atoms with Gasteiger partial charge in [0.1, 0.15) is 11.4 Å². The Labute approximate surface area is 146 Å². The van der Waals surface area contributed by atoms with Crippen LogP contribution in [0.4, 0.5) is 0 Å². The Balaban J connectivity index is 1.31. The van der Waals surface area contributed by atoms with Crippen LogP contribution in [0.15, 0.2) is 43.0 Å². The number of aromatic nitrogens is 3. The monoisotopic (exact) mass is 340 g/mol. The molecule has 7 nitrogen and oxygen atoms in total. The average molecular weight is 340 g/mol. The third kappa shape index (κ3) is 3.19. The van der Waals surface area contributed by atoms with Crippen molar-refractivity contribution in [3.8, 4) is 5.75 Å². The molecule has 0 radical (unpaired) electrons. The van der Waals surface area contributed by atoms with Crippen molar-refractivity contribution in [1.82, 2.24) is 20.1 Å². The topological polar surface area (TPSA) is 77.4 Å². The number of hydrogen-bond donors (Lipinski definition) is 0. The number of ether oxygens (including phenoxy) is 2. The number of likely N-dealkylation sites (tertiary alicyclic amines) is 1. The highest BCUT2D eigenvalue weighted by Crippen LogP contribution is 2.42. The van der Waals surface area contributed by atoms with E-state index in [4.69, 9.17) is 9.47 Å². The van der Waals surface area contributed by atoms with E-state index in [1.165, 1.54) is 12.4 Å². The summed E-state index contributed by atoms with van der Waals surface area (Å²) in [5.74, 6) is 1.18. The van der Waals surface area contributed by atoms with Crippen molar-refractivity contribution in [3.63, 3.8) is 0 Å². The maximum Gasteiger partial charge on any atom is 0.255 e. The summed E-state index contributed by atoms with van der Waals surface area (Å²) in [4.78, 5) is 18.3. The molecule has 0 saturated carbocycles. The second-order valence-electron chi connectivity index (χ2n) is 6.52. The fourth-order valence-corrected chi connectivity index (χ4v) is 3.64. The van der Waals surface area contributed by atoms with Crippen LogP contribution in [0.25, 0.3) is 0 Å². The van der Waals surface area contributed by atoms with Crippen molar-refractivity contribution < 1.29 is 14.3 Å².